The number of hydrogen-bond donors (Lipinski definition) is 2. The molecule has 1 heterocycles. The SMILES string of the molecule is CC(CN1CCCCC1)NC(=O)c1cc(N)cc(Cl)c1Cl. The summed E-state index contributed by atoms with van der Waals surface area (Å²) in [4.78, 5) is 14.7. The number of likely N-dealkylation sites (tertiary alicyclic amines) is 1. The molecule has 0 aromatic heterocycles. The van der Waals surface area contributed by atoms with Crippen molar-refractivity contribution in [1.29, 1.82) is 0 Å². The first-order valence-electron chi connectivity index (χ1n) is 7.25. The first-order valence-corrected chi connectivity index (χ1v) is 8.00. The van der Waals surface area contributed by atoms with E-state index in [0.717, 1.165) is 19.6 Å². The van der Waals surface area contributed by atoms with E-state index < -0.39 is 0 Å². The van der Waals surface area contributed by atoms with Crippen molar-refractivity contribution in [2.45, 2.75) is 32.2 Å². The van der Waals surface area contributed by atoms with Crippen LogP contribution in [0.1, 0.15) is 36.5 Å². The minimum Gasteiger partial charge on any atom is -0.399 e. The van der Waals surface area contributed by atoms with Crippen LogP contribution in [0.4, 0.5) is 5.69 Å². The lowest BCUT2D eigenvalue weighted by molar-refractivity contribution is 0.0926. The van der Waals surface area contributed by atoms with Gasteiger partial charge in [0.05, 0.1) is 15.6 Å². The van der Waals surface area contributed by atoms with Crippen LogP contribution in [0.3, 0.4) is 0 Å². The van der Waals surface area contributed by atoms with E-state index in [2.05, 4.69) is 10.2 Å². The van der Waals surface area contributed by atoms with Gasteiger partial charge in [-0.15, -0.1) is 0 Å². The zero-order valence-corrected chi connectivity index (χ0v) is 13.7. The van der Waals surface area contributed by atoms with Gasteiger partial charge < -0.3 is 16.0 Å². The van der Waals surface area contributed by atoms with Crippen molar-refractivity contribution in [2.24, 2.45) is 0 Å². The summed E-state index contributed by atoms with van der Waals surface area (Å²) in [7, 11) is 0. The van der Waals surface area contributed by atoms with E-state index in [-0.39, 0.29) is 17.0 Å². The fraction of sp³-hybridized carbons (Fsp3) is 0.533. The molecule has 0 spiro atoms. The Labute approximate surface area is 135 Å². The van der Waals surface area contributed by atoms with Crippen LogP contribution in [-0.2, 0) is 0 Å². The number of nitrogen functional groups attached to an aromatic ring is 1. The quantitative estimate of drug-likeness (QED) is 0.834. The Bertz CT molecular complexity index is 516. The zero-order valence-electron chi connectivity index (χ0n) is 12.2. The highest BCUT2D eigenvalue weighted by atomic mass is 35.5. The van der Waals surface area contributed by atoms with Gasteiger partial charge >= 0.3 is 0 Å². The fourth-order valence-corrected chi connectivity index (χ4v) is 3.07. The third-order valence-electron chi connectivity index (χ3n) is 3.65. The maximum absolute atomic E-state index is 12.3. The highest BCUT2D eigenvalue weighted by Gasteiger charge is 2.18. The van der Waals surface area contributed by atoms with Crippen molar-refractivity contribution in [3.05, 3.63) is 27.7 Å². The molecule has 2 rings (SSSR count). The van der Waals surface area contributed by atoms with E-state index in [1.165, 1.54) is 25.3 Å². The first kappa shape index (κ1) is 16.4. The van der Waals surface area contributed by atoms with Gasteiger partial charge in [-0.05, 0) is 45.0 Å². The third kappa shape index (κ3) is 4.50. The molecule has 1 unspecified atom stereocenters. The van der Waals surface area contributed by atoms with Crippen LogP contribution in [0, 0.1) is 0 Å². The van der Waals surface area contributed by atoms with Gasteiger partial charge in [0.25, 0.3) is 5.91 Å². The summed E-state index contributed by atoms with van der Waals surface area (Å²) in [5.74, 6) is -0.237. The number of rotatable bonds is 4. The molecule has 21 heavy (non-hydrogen) atoms. The highest BCUT2D eigenvalue weighted by molar-refractivity contribution is 6.44. The number of carbonyl (C=O) groups excluding carboxylic acids is 1. The first-order chi connectivity index (χ1) is 9.97. The average Bonchev–Trinajstić information content (AvgIpc) is 2.43. The zero-order chi connectivity index (χ0) is 15.4. The van der Waals surface area contributed by atoms with Crippen molar-refractivity contribution in [3.8, 4) is 0 Å². The molecular weight excluding hydrogens is 309 g/mol. The predicted molar refractivity (Wildman–Crippen MR) is 88.1 cm³/mol. The molecule has 1 aliphatic rings. The van der Waals surface area contributed by atoms with Crippen molar-refractivity contribution in [3.63, 3.8) is 0 Å². The summed E-state index contributed by atoms with van der Waals surface area (Å²) in [6, 6.07) is 3.14. The Morgan fingerprint density at radius 1 is 1.33 bits per heavy atom. The molecule has 0 aliphatic carbocycles. The van der Waals surface area contributed by atoms with Crippen molar-refractivity contribution < 1.29 is 4.79 Å². The Morgan fingerprint density at radius 3 is 2.67 bits per heavy atom. The summed E-state index contributed by atoms with van der Waals surface area (Å²) in [6.07, 6.45) is 3.77. The normalized spacial score (nSPS) is 17.5. The second-order valence-corrected chi connectivity index (χ2v) is 6.39. The monoisotopic (exact) mass is 329 g/mol. The summed E-state index contributed by atoms with van der Waals surface area (Å²) in [5, 5.41) is 3.50. The van der Waals surface area contributed by atoms with Crippen LogP contribution in [0.25, 0.3) is 0 Å². The Balaban J connectivity index is 1.97. The van der Waals surface area contributed by atoms with Crippen LogP contribution in [0.2, 0.25) is 10.0 Å². The molecule has 116 valence electrons. The summed E-state index contributed by atoms with van der Waals surface area (Å²) >= 11 is 12.0. The molecule has 1 atom stereocenters. The molecule has 0 saturated carbocycles. The second-order valence-electron chi connectivity index (χ2n) is 5.60. The van der Waals surface area contributed by atoms with Crippen LogP contribution >= 0.6 is 23.2 Å². The molecular formula is C15H21Cl2N3O. The van der Waals surface area contributed by atoms with Crippen molar-refractivity contribution >= 4 is 34.8 Å². The van der Waals surface area contributed by atoms with E-state index >= 15 is 0 Å². The second kappa shape index (κ2) is 7.34. The molecule has 1 aromatic carbocycles. The largest absolute Gasteiger partial charge is 0.399 e. The number of benzene rings is 1. The molecule has 4 nitrogen and oxygen atoms in total. The number of halogens is 2. The van der Waals surface area contributed by atoms with Gasteiger partial charge in [0, 0.05) is 18.3 Å². The van der Waals surface area contributed by atoms with Crippen LogP contribution in [0.15, 0.2) is 12.1 Å². The Hall–Kier alpha value is -0.970. The van der Waals surface area contributed by atoms with Crippen LogP contribution in [-0.4, -0.2) is 36.5 Å². The van der Waals surface area contributed by atoms with Gasteiger partial charge in [-0.2, -0.15) is 0 Å². The van der Waals surface area contributed by atoms with Gasteiger partial charge in [0.2, 0.25) is 0 Å². The van der Waals surface area contributed by atoms with Gasteiger partial charge in [-0.25, -0.2) is 0 Å². The lowest BCUT2D eigenvalue weighted by Gasteiger charge is -2.29. The maximum Gasteiger partial charge on any atom is 0.253 e. The van der Waals surface area contributed by atoms with Gasteiger partial charge in [-0.3, -0.25) is 4.79 Å². The topological polar surface area (TPSA) is 58.4 Å². The van der Waals surface area contributed by atoms with Crippen LogP contribution in [0.5, 0.6) is 0 Å². The third-order valence-corrected chi connectivity index (χ3v) is 4.46. The van der Waals surface area contributed by atoms with E-state index in [9.17, 15) is 4.79 Å². The van der Waals surface area contributed by atoms with Gasteiger partial charge in [0.15, 0.2) is 0 Å². The molecule has 3 N–H and O–H groups in total. The Morgan fingerprint density at radius 2 is 2.00 bits per heavy atom. The van der Waals surface area contributed by atoms with Gasteiger partial charge in [0.1, 0.15) is 0 Å². The number of nitrogens with one attached hydrogen (secondary N) is 1. The number of piperidine rings is 1. The molecule has 6 heteroatoms. The standard InChI is InChI=1S/C15H21Cl2N3O/c1-10(9-20-5-3-2-4-6-20)19-15(21)12-7-11(18)8-13(16)14(12)17/h7-8,10H,2-6,9,18H2,1H3,(H,19,21). The van der Waals surface area contributed by atoms with Crippen LogP contribution < -0.4 is 11.1 Å². The number of nitrogens with zero attached hydrogens (tertiary/aromatic N) is 1. The molecule has 0 radical (unpaired) electrons. The number of nitrogens with two attached hydrogens (primary N) is 1. The lowest BCUT2D eigenvalue weighted by Crippen LogP contribution is -2.43. The van der Waals surface area contributed by atoms with Gasteiger partial charge in [-0.1, -0.05) is 29.6 Å². The van der Waals surface area contributed by atoms with Crippen molar-refractivity contribution in [1.82, 2.24) is 10.2 Å². The lowest BCUT2D eigenvalue weighted by atomic mass is 10.1. The minimum absolute atomic E-state index is 0.0480. The number of amides is 1. The fourth-order valence-electron chi connectivity index (χ4n) is 2.65. The van der Waals surface area contributed by atoms with E-state index in [1.807, 2.05) is 6.92 Å². The summed E-state index contributed by atoms with van der Waals surface area (Å²) in [6.45, 7) is 5.05. The maximum atomic E-state index is 12.3. The molecule has 1 amide bonds. The minimum atomic E-state index is -0.237. The van der Waals surface area contributed by atoms with E-state index in [1.54, 1.807) is 6.07 Å². The van der Waals surface area contributed by atoms with E-state index in [4.69, 9.17) is 28.9 Å². The molecule has 1 aromatic rings. The predicted octanol–water partition coefficient (Wildman–Crippen LogP) is 3.18. The molecule has 1 saturated heterocycles. The number of carbonyl (C=O) groups is 1. The molecule has 1 fully saturated rings. The summed E-state index contributed by atoms with van der Waals surface area (Å²) in [5.41, 5.74) is 6.47. The highest BCUT2D eigenvalue weighted by Crippen LogP contribution is 2.28. The summed E-state index contributed by atoms with van der Waals surface area (Å²) < 4.78 is 0. The smallest absolute Gasteiger partial charge is 0.253 e. The molecule has 1 aliphatic heterocycles. The number of anilines is 1. The van der Waals surface area contributed by atoms with Crippen molar-refractivity contribution in [2.75, 3.05) is 25.4 Å². The average molecular weight is 330 g/mol. The molecule has 0 bridgehead atoms. The van der Waals surface area contributed by atoms with E-state index in [0.29, 0.717) is 16.3 Å². The Kier molecular flexibility index (Phi) is 5.73. The number of hydrogen-bond acceptors (Lipinski definition) is 3.